The van der Waals surface area contributed by atoms with Gasteiger partial charge in [0.05, 0.1) is 22.6 Å². The summed E-state index contributed by atoms with van der Waals surface area (Å²) >= 11 is 1.44. The number of rotatable bonds is 4. The fourth-order valence-corrected chi connectivity index (χ4v) is 0.629. The first-order valence-electron chi connectivity index (χ1n) is 3.69. The highest BCUT2D eigenvalue weighted by Gasteiger charge is 2.18. The van der Waals surface area contributed by atoms with Gasteiger partial charge >= 0.3 is 9.95 Å². The van der Waals surface area contributed by atoms with Crippen LogP contribution in [0.5, 0.6) is 0 Å². The van der Waals surface area contributed by atoms with Crippen LogP contribution < -0.4 is 5.73 Å². The fourth-order valence-electron chi connectivity index (χ4n) is 0.502. The topological polar surface area (TPSA) is 78.6 Å². The van der Waals surface area contributed by atoms with E-state index in [0.29, 0.717) is 0 Å². The largest absolute Gasteiger partial charge is 0.427 e. The predicted octanol–water partition coefficient (Wildman–Crippen LogP) is 1.04. The van der Waals surface area contributed by atoms with Crippen molar-refractivity contribution in [2.45, 2.75) is 19.9 Å². The molecule has 0 aliphatic heterocycles. The molecule has 0 aromatic carbocycles. The second kappa shape index (κ2) is 6.14. The van der Waals surface area contributed by atoms with E-state index >= 15 is 0 Å². The number of hydrogen-bond acceptors (Lipinski definition) is 5. The van der Waals surface area contributed by atoms with Crippen molar-refractivity contribution in [3.8, 4) is 0 Å². The van der Waals surface area contributed by atoms with E-state index < -0.39 is 16.0 Å². The first-order chi connectivity index (χ1) is 5.95. The average molecular weight is 301 g/mol. The van der Waals surface area contributed by atoms with E-state index in [4.69, 9.17) is 5.73 Å². The lowest BCUT2D eigenvalue weighted by Gasteiger charge is -2.13. The number of hydrogen-bond donors (Lipinski definition) is 1. The van der Waals surface area contributed by atoms with E-state index in [9.17, 15) is 9.59 Å². The van der Waals surface area contributed by atoms with Crippen LogP contribution in [0.25, 0.3) is 0 Å². The SMILES string of the molecule is CC(C)C(N)C(=O)OCOC(=O)I. The highest BCUT2D eigenvalue weighted by molar-refractivity contribution is 14.1. The Morgan fingerprint density at radius 2 is 1.92 bits per heavy atom. The van der Waals surface area contributed by atoms with Gasteiger partial charge < -0.3 is 15.2 Å². The summed E-state index contributed by atoms with van der Waals surface area (Å²) in [7, 11) is 0. The van der Waals surface area contributed by atoms with Crippen molar-refractivity contribution in [1.29, 1.82) is 0 Å². The number of nitrogens with two attached hydrogens (primary N) is 1. The Bertz CT molecular complexity index is 195. The molecule has 0 rings (SSSR count). The molecular weight excluding hydrogens is 289 g/mol. The standard InChI is InChI=1S/C7H12INO4/c1-4(2)5(9)6(10)12-3-13-7(8)11/h4-5H,3,9H2,1-2H3. The van der Waals surface area contributed by atoms with Gasteiger partial charge in [-0.05, 0) is 5.92 Å². The van der Waals surface area contributed by atoms with Crippen LogP contribution >= 0.6 is 22.6 Å². The highest BCUT2D eigenvalue weighted by atomic mass is 127. The van der Waals surface area contributed by atoms with Crippen molar-refractivity contribution in [1.82, 2.24) is 0 Å². The molecule has 0 aliphatic carbocycles. The molecule has 0 heterocycles. The van der Waals surface area contributed by atoms with Gasteiger partial charge in [-0.15, -0.1) is 0 Å². The third kappa shape index (κ3) is 5.81. The summed E-state index contributed by atoms with van der Waals surface area (Å²) < 4.78 is 8.43. The molecule has 6 heteroatoms. The molecule has 0 saturated heterocycles. The van der Waals surface area contributed by atoms with E-state index in [-0.39, 0.29) is 12.7 Å². The van der Waals surface area contributed by atoms with Gasteiger partial charge in [-0.2, -0.15) is 0 Å². The summed E-state index contributed by atoms with van der Waals surface area (Å²) in [5.41, 5.74) is 5.46. The summed E-state index contributed by atoms with van der Waals surface area (Å²) in [5.74, 6) is -0.560. The third-order valence-electron chi connectivity index (χ3n) is 1.36. The Labute approximate surface area is 90.1 Å². The highest BCUT2D eigenvalue weighted by Crippen LogP contribution is 2.01. The first kappa shape index (κ1) is 12.6. The Balaban J connectivity index is 3.68. The molecule has 0 amide bonds. The molecule has 0 radical (unpaired) electrons. The molecule has 0 bridgehead atoms. The van der Waals surface area contributed by atoms with Crippen molar-refractivity contribution in [3.05, 3.63) is 0 Å². The predicted molar refractivity (Wildman–Crippen MR) is 54.3 cm³/mol. The monoisotopic (exact) mass is 301 g/mol. The molecule has 0 aromatic heterocycles. The zero-order valence-corrected chi connectivity index (χ0v) is 9.61. The molecule has 0 aromatic rings. The van der Waals surface area contributed by atoms with Crippen molar-refractivity contribution in [3.63, 3.8) is 0 Å². The minimum Gasteiger partial charge on any atom is -0.427 e. The van der Waals surface area contributed by atoms with Crippen molar-refractivity contribution in [2.75, 3.05) is 6.79 Å². The molecule has 0 aliphatic rings. The van der Waals surface area contributed by atoms with Crippen molar-refractivity contribution >= 4 is 32.5 Å². The summed E-state index contributed by atoms with van der Waals surface area (Å²) in [4.78, 5) is 21.3. The van der Waals surface area contributed by atoms with E-state index in [1.165, 1.54) is 22.6 Å². The molecule has 13 heavy (non-hydrogen) atoms. The molecule has 5 nitrogen and oxygen atoms in total. The van der Waals surface area contributed by atoms with Crippen LogP contribution in [0.4, 0.5) is 4.79 Å². The molecule has 1 atom stereocenters. The van der Waals surface area contributed by atoms with E-state index in [1.807, 2.05) is 0 Å². The number of ether oxygens (including phenoxy) is 2. The third-order valence-corrected chi connectivity index (χ3v) is 1.68. The number of carbonyl (C=O) groups is 2. The average Bonchev–Trinajstić information content (AvgIpc) is 2.02. The Morgan fingerprint density at radius 3 is 2.31 bits per heavy atom. The lowest BCUT2D eigenvalue weighted by molar-refractivity contribution is -0.153. The van der Waals surface area contributed by atoms with Crippen LogP contribution in [-0.2, 0) is 14.3 Å². The van der Waals surface area contributed by atoms with Gasteiger partial charge in [0.2, 0.25) is 6.79 Å². The van der Waals surface area contributed by atoms with Gasteiger partial charge in [0.15, 0.2) is 0 Å². The van der Waals surface area contributed by atoms with Gasteiger partial charge in [-0.1, -0.05) is 13.8 Å². The molecule has 1 unspecified atom stereocenters. The molecule has 2 N–H and O–H groups in total. The molecule has 76 valence electrons. The smallest absolute Gasteiger partial charge is 0.369 e. The summed E-state index contributed by atoms with van der Waals surface area (Å²) in [5, 5.41) is 0. The van der Waals surface area contributed by atoms with Crippen LogP contribution in [0.2, 0.25) is 0 Å². The van der Waals surface area contributed by atoms with Gasteiger partial charge in [0, 0.05) is 0 Å². The lowest BCUT2D eigenvalue weighted by Crippen LogP contribution is -2.37. The van der Waals surface area contributed by atoms with Crippen LogP contribution in [0, 0.1) is 5.92 Å². The summed E-state index contributed by atoms with van der Waals surface area (Å²) in [6.07, 6.45) is 0. The quantitative estimate of drug-likeness (QED) is 0.363. The first-order valence-corrected chi connectivity index (χ1v) is 4.77. The van der Waals surface area contributed by atoms with E-state index in [2.05, 4.69) is 9.47 Å². The van der Waals surface area contributed by atoms with Gasteiger partial charge in [0.25, 0.3) is 0 Å². The van der Waals surface area contributed by atoms with Crippen LogP contribution in [0.15, 0.2) is 0 Å². The molecule has 0 spiro atoms. The fraction of sp³-hybridized carbons (Fsp3) is 0.714. The van der Waals surface area contributed by atoms with Gasteiger partial charge in [-0.25, -0.2) is 4.79 Å². The van der Waals surface area contributed by atoms with Gasteiger partial charge in [-0.3, -0.25) is 4.79 Å². The maximum absolute atomic E-state index is 11.0. The molecule has 0 fully saturated rings. The second-order valence-corrected chi connectivity index (χ2v) is 3.61. The van der Waals surface area contributed by atoms with Crippen molar-refractivity contribution < 1.29 is 19.1 Å². The summed E-state index contributed by atoms with van der Waals surface area (Å²) in [6, 6.07) is -0.673. The zero-order chi connectivity index (χ0) is 10.4. The number of esters is 1. The Kier molecular flexibility index (Phi) is 5.97. The normalized spacial score (nSPS) is 12.4. The van der Waals surface area contributed by atoms with E-state index in [0.717, 1.165) is 0 Å². The zero-order valence-electron chi connectivity index (χ0n) is 7.45. The van der Waals surface area contributed by atoms with Crippen molar-refractivity contribution in [2.24, 2.45) is 11.7 Å². The lowest BCUT2D eigenvalue weighted by atomic mass is 10.1. The number of carbonyl (C=O) groups excluding carboxylic acids is 2. The number of halogens is 1. The van der Waals surface area contributed by atoms with Crippen LogP contribution in [-0.4, -0.2) is 22.8 Å². The van der Waals surface area contributed by atoms with Crippen LogP contribution in [0.1, 0.15) is 13.8 Å². The summed E-state index contributed by atoms with van der Waals surface area (Å²) in [6.45, 7) is 3.23. The van der Waals surface area contributed by atoms with Crippen LogP contribution in [0.3, 0.4) is 0 Å². The maximum Gasteiger partial charge on any atom is 0.369 e. The minimum atomic E-state index is -0.673. The maximum atomic E-state index is 11.0. The minimum absolute atomic E-state index is 0.00260. The van der Waals surface area contributed by atoms with E-state index in [1.54, 1.807) is 13.8 Å². The Morgan fingerprint density at radius 1 is 1.38 bits per heavy atom. The Hall–Kier alpha value is -0.370. The van der Waals surface area contributed by atoms with Gasteiger partial charge in [0.1, 0.15) is 6.04 Å². The molecular formula is C7H12INO4. The second-order valence-electron chi connectivity index (χ2n) is 2.73. The molecule has 0 saturated carbocycles.